The number of rotatable bonds is 6. The van der Waals surface area contributed by atoms with E-state index in [0.29, 0.717) is 0 Å². The van der Waals surface area contributed by atoms with E-state index in [2.05, 4.69) is 278 Å². The third kappa shape index (κ3) is 7.82. The first kappa shape index (κ1) is 49.7. The summed E-state index contributed by atoms with van der Waals surface area (Å²) < 4.78 is 0. The largest absolute Gasteiger partial charge is 0.334 e. The summed E-state index contributed by atoms with van der Waals surface area (Å²) in [6, 6.07) is 75.4. The molecule has 392 valence electrons. The molecule has 3 aliphatic heterocycles. The topological polar surface area (TPSA) is 9.72 Å². The minimum absolute atomic E-state index is 0.0257. The van der Waals surface area contributed by atoms with Gasteiger partial charge in [-0.2, -0.15) is 0 Å². The van der Waals surface area contributed by atoms with E-state index >= 15 is 0 Å². The van der Waals surface area contributed by atoms with Crippen molar-refractivity contribution in [1.82, 2.24) is 0 Å². The normalized spacial score (nSPS) is 19.6. The van der Waals surface area contributed by atoms with Crippen molar-refractivity contribution < 1.29 is 0 Å². The van der Waals surface area contributed by atoms with Crippen molar-refractivity contribution in [3.8, 4) is 33.4 Å². The summed E-state index contributed by atoms with van der Waals surface area (Å²) in [7, 11) is 0. The standard InChI is InChI=1S/C75H74BN3/c1-71(2,3)56-32-35-64(60(43-56)51-27-18-13-19-28-51)78-67-42-55-48-73(7,8)47-54(55)40-63(67)76-62-34-31-53(50-25-16-12-17-26-50)41-66(62)77(58-30-22-29-52(39-58)49-23-14-11-15-24-49)68-45-59(46-69(78)70(68)76)79-65-36-33-57(72(4,5)6)44-61(65)74(9)37-20-21-38-75(74,79)10/h11-19,22-36,39-46H,20-21,37-38,47-48H2,1-10H3. The highest BCUT2D eigenvalue weighted by Crippen LogP contribution is 2.62. The van der Waals surface area contributed by atoms with Gasteiger partial charge in [0, 0.05) is 50.8 Å². The van der Waals surface area contributed by atoms with Crippen LogP contribution in [0.3, 0.4) is 0 Å². The molecule has 2 atom stereocenters. The Hall–Kier alpha value is -7.56. The number of anilines is 8. The van der Waals surface area contributed by atoms with Crippen LogP contribution in [0.25, 0.3) is 33.4 Å². The maximum absolute atomic E-state index is 2.84. The number of hydrogen-bond donors (Lipinski definition) is 0. The van der Waals surface area contributed by atoms with E-state index < -0.39 is 0 Å². The average Bonchev–Trinajstić information content (AvgIpc) is 3.65. The molecule has 3 nitrogen and oxygen atoms in total. The highest BCUT2D eigenvalue weighted by Gasteiger charge is 2.58. The molecule has 14 rings (SSSR count). The Balaban J connectivity index is 1.13. The monoisotopic (exact) mass is 1030 g/mol. The van der Waals surface area contributed by atoms with Gasteiger partial charge >= 0.3 is 0 Å². The molecular weight excluding hydrogens is 954 g/mol. The molecule has 4 heteroatoms. The molecule has 9 aromatic carbocycles. The smallest absolute Gasteiger partial charge is 0.252 e. The van der Waals surface area contributed by atoms with E-state index in [1.807, 2.05) is 0 Å². The number of benzene rings is 9. The summed E-state index contributed by atoms with van der Waals surface area (Å²) >= 11 is 0. The fourth-order valence-corrected chi connectivity index (χ4v) is 15.1. The third-order valence-electron chi connectivity index (χ3n) is 19.4. The Morgan fingerprint density at radius 1 is 0.405 bits per heavy atom. The van der Waals surface area contributed by atoms with Gasteiger partial charge in [0.2, 0.25) is 0 Å². The SMILES string of the molecule is CC1(C)Cc2cc3c(cc2C1)N(c1ccc(C(C)(C)C)cc1-c1ccccc1)c1cc(N2c4ccc(C(C)(C)C)cc4C4(C)CCCCC24C)cc2c1B3c1ccc(-c3ccccc3)cc1N2c1cccc(-c2ccccc2)c1. The number of nitrogens with zero attached hydrogens (tertiary/aromatic N) is 3. The van der Waals surface area contributed by atoms with Crippen LogP contribution >= 0.6 is 0 Å². The predicted octanol–water partition coefficient (Wildman–Crippen LogP) is 18.2. The van der Waals surface area contributed by atoms with Crippen molar-refractivity contribution in [3.05, 3.63) is 222 Å². The molecule has 5 aliphatic rings. The maximum atomic E-state index is 2.84. The van der Waals surface area contributed by atoms with Crippen molar-refractivity contribution in [2.75, 3.05) is 14.7 Å². The van der Waals surface area contributed by atoms with Gasteiger partial charge in [-0.3, -0.25) is 0 Å². The maximum Gasteiger partial charge on any atom is 0.252 e. The molecule has 0 spiro atoms. The van der Waals surface area contributed by atoms with Crippen molar-refractivity contribution in [2.45, 2.75) is 130 Å². The molecule has 1 fully saturated rings. The van der Waals surface area contributed by atoms with Crippen LogP contribution in [-0.4, -0.2) is 12.3 Å². The zero-order valence-corrected chi connectivity index (χ0v) is 48.1. The van der Waals surface area contributed by atoms with Gasteiger partial charge < -0.3 is 14.7 Å². The van der Waals surface area contributed by atoms with Gasteiger partial charge in [-0.1, -0.05) is 215 Å². The van der Waals surface area contributed by atoms with Gasteiger partial charge in [-0.25, -0.2) is 0 Å². The fraction of sp³-hybridized carbons (Fsp3) is 0.280. The van der Waals surface area contributed by atoms with E-state index in [9.17, 15) is 0 Å². The molecule has 0 N–H and O–H groups in total. The highest BCUT2D eigenvalue weighted by molar-refractivity contribution is 7.00. The Morgan fingerprint density at radius 3 is 1.62 bits per heavy atom. The van der Waals surface area contributed by atoms with Crippen molar-refractivity contribution in [1.29, 1.82) is 0 Å². The zero-order valence-electron chi connectivity index (χ0n) is 48.1. The quantitative estimate of drug-likeness (QED) is 0.154. The third-order valence-corrected chi connectivity index (χ3v) is 19.4. The highest BCUT2D eigenvalue weighted by atomic mass is 15.3. The van der Waals surface area contributed by atoms with Crippen LogP contribution < -0.4 is 31.1 Å². The van der Waals surface area contributed by atoms with Crippen molar-refractivity contribution >= 4 is 68.6 Å². The van der Waals surface area contributed by atoms with Crippen molar-refractivity contribution in [2.24, 2.45) is 5.41 Å². The summed E-state index contributed by atoms with van der Waals surface area (Å²) in [6.45, 7) is 24.3. The Kier molecular flexibility index (Phi) is 11.2. The summed E-state index contributed by atoms with van der Waals surface area (Å²) in [4.78, 5) is 8.24. The van der Waals surface area contributed by atoms with Crippen LogP contribution in [0, 0.1) is 5.41 Å². The van der Waals surface area contributed by atoms with Gasteiger partial charge in [0.15, 0.2) is 0 Å². The molecule has 1 saturated carbocycles. The molecular formula is C75H74BN3. The van der Waals surface area contributed by atoms with Crippen LogP contribution in [0.4, 0.5) is 45.5 Å². The lowest BCUT2D eigenvalue weighted by Crippen LogP contribution is -2.61. The van der Waals surface area contributed by atoms with Crippen LogP contribution in [0.1, 0.15) is 123 Å². The van der Waals surface area contributed by atoms with E-state index in [1.165, 1.54) is 130 Å². The first-order valence-electron chi connectivity index (χ1n) is 29.3. The second-order valence-electron chi connectivity index (χ2n) is 27.2. The second kappa shape index (κ2) is 17.7. The summed E-state index contributed by atoms with van der Waals surface area (Å²) in [5.41, 5.74) is 28.5. The first-order chi connectivity index (χ1) is 37.9. The van der Waals surface area contributed by atoms with E-state index in [4.69, 9.17) is 0 Å². The van der Waals surface area contributed by atoms with Gasteiger partial charge in [-0.05, 0) is 175 Å². The van der Waals surface area contributed by atoms with Gasteiger partial charge in [0.1, 0.15) is 0 Å². The average molecular weight is 1030 g/mol. The molecule has 0 saturated heterocycles. The lowest BCUT2D eigenvalue weighted by molar-refractivity contribution is 0.195. The van der Waals surface area contributed by atoms with Crippen molar-refractivity contribution in [3.63, 3.8) is 0 Å². The first-order valence-corrected chi connectivity index (χ1v) is 29.3. The van der Waals surface area contributed by atoms with E-state index in [-0.39, 0.29) is 33.9 Å². The molecule has 2 unspecified atom stereocenters. The zero-order chi connectivity index (χ0) is 54.4. The molecule has 3 heterocycles. The second-order valence-corrected chi connectivity index (χ2v) is 27.2. The minimum atomic E-state index is -0.178. The molecule has 79 heavy (non-hydrogen) atoms. The molecule has 0 amide bonds. The van der Waals surface area contributed by atoms with Crippen LogP contribution in [0.15, 0.2) is 194 Å². The summed E-state index contributed by atoms with van der Waals surface area (Å²) in [5.74, 6) is 0. The van der Waals surface area contributed by atoms with Crippen LogP contribution in [0.2, 0.25) is 0 Å². The molecule has 0 bridgehead atoms. The lowest BCUT2D eigenvalue weighted by Gasteiger charge is -2.51. The Bertz CT molecular complexity index is 3900. The molecule has 0 aromatic heterocycles. The van der Waals surface area contributed by atoms with Crippen LogP contribution in [0.5, 0.6) is 0 Å². The predicted molar refractivity (Wildman–Crippen MR) is 338 cm³/mol. The van der Waals surface area contributed by atoms with E-state index in [0.717, 1.165) is 31.4 Å². The summed E-state index contributed by atoms with van der Waals surface area (Å²) in [6.07, 6.45) is 6.85. The fourth-order valence-electron chi connectivity index (χ4n) is 15.1. The molecule has 2 aliphatic carbocycles. The molecule has 0 radical (unpaired) electrons. The minimum Gasteiger partial charge on any atom is -0.334 e. The number of hydrogen-bond acceptors (Lipinski definition) is 3. The lowest BCUT2D eigenvalue weighted by atomic mass is 9.33. The van der Waals surface area contributed by atoms with Crippen LogP contribution in [-0.2, 0) is 29.1 Å². The van der Waals surface area contributed by atoms with E-state index in [1.54, 1.807) is 0 Å². The summed E-state index contributed by atoms with van der Waals surface area (Å²) in [5, 5.41) is 0. The Labute approximate surface area is 471 Å². The number of fused-ring (bicyclic) bond motifs is 8. The van der Waals surface area contributed by atoms with Gasteiger partial charge in [-0.15, -0.1) is 0 Å². The van der Waals surface area contributed by atoms with Gasteiger partial charge in [0.05, 0.1) is 11.2 Å². The van der Waals surface area contributed by atoms with Gasteiger partial charge in [0.25, 0.3) is 6.71 Å². The Morgan fingerprint density at radius 2 is 0.962 bits per heavy atom. The molecule has 9 aromatic rings.